The van der Waals surface area contributed by atoms with Crippen LogP contribution in [0.3, 0.4) is 0 Å². The first-order valence-electron chi connectivity index (χ1n) is 10.5. The highest BCUT2D eigenvalue weighted by atomic mass is 16.4. The quantitative estimate of drug-likeness (QED) is 0.422. The molecule has 9 nitrogen and oxygen atoms in total. The van der Waals surface area contributed by atoms with E-state index in [-0.39, 0.29) is 5.69 Å². The van der Waals surface area contributed by atoms with E-state index in [2.05, 4.69) is 25.6 Å². The number of pyridine rings is 1. The number of aromatic nitrogens is 7. The summed E-state index contributed by atoms with van der Waals surface area (Å²) >= 11 is 0. The number of aromatic amines is 1. The standard InChI is InChI=1S/C24H21N7O2/c1-4-19-25-20-13(2)14(3)21(24(32)33)26-23(20)31(19)16-11-9-15(10-12-16)17-7-5-6-8-18(17)22-27-29-30-28-22/h5-12H,4H2,1-3H3,(H,32,33)(H,27,28,29,30). The molecule has 3 aromatic heterocycles. The summed E-state index contributed by atoms with van der Waals surface area (Å²) in [5.41, 5.74) is 6.50. The molecular weight excluding hydrogens is 418 g/mol. The Bertz CT molecular complexity index is 1490. The van der Waals surface area contributed by atoms with Crippen LogP contribution in [-0.4, -0.2) is 46.2 Å². The van der Waals surface area contributed by atoms with Gasteiger partial charge in [0.15, 0.2) is 11.3 Å². The van der Waals surface area contributed by atoms with Gasteiger partial charge in [0.25, 0.3) is 0 Å². The maximum atomic E-state index is 11.8. The number of carboxylic acids is 1. The number of nitrogens with one attached hydrogen (secondary N) is 1. The number of H-pyrrole nitrogens is 1. The van der Waals surface area contributed by atoms with Gasteiger partial charge in [-0.2, -0.15) is 5.21 Å². The molecule has 0 aliphatic rings. The van der Waals surface area contributed by atoms with Gasteiger partial charge < -0.3 is 5.11 Å². The summed E-state index contributed by atoms with van der Waals surface area (Å²) < 4.78 is 1.93. The van der Waals surface area contributed by atoms with E-state index in [4.69, 9.17) is 4.98 Å². The van der Waals surface area contributed by atoms with Crippen molar-refractivity contribution in [2.24, 2.45) is 0 Å². The van der Waals surface area contributed by atoms with Crippen LogP contribution in [0.25, 0.3) is 39.4 Å². The molecule has 0 unspecified atom stereocenters. The number of nitrogens with zero attached hydrogens (tertiary/aromatic N) is 6. The number of fused-ring (bicyclic) bond motifs is 1. The van der Waals surface area contributed by atoms with E-state index >= 15 is 0 Å². The van der Waals surface area contributed by atoms with Crippen molar-refractivity contribution in [3.8, 4) is 28.2 Å². The predicted octanol–water partition coefficient (Wildman–Crippen LogP) is 4.15. The van der Waals surface area contributed by atoms with E-state index in [1.54, 1.807) is 6.92 Å². The molecule has 3 heterocycles. The number of benzene rings is 2. The van der Waals surface area contributed by atoms with E-state index in [1.807, 2.05) is 66.9 Å². The van der Waals surface area contributed by atoms with Crippen LogP contribution in [-0.2, 0) is 6.42 Å². The Labute approximate surface area is 189 Å². The average molecular weight is 439 g/mol. The first kappa shape index (κ1) is 20.5. The summed E-state index contributed by atoms with van der Waals surface area (Å²) in [6.07, 6.45) is 0.680. The second-order valence-corrected chi connectivity index (χ2v) is 7.73. The van der Waals surface area contributed by atoms with Gasteiger partial charge in [-0.05, 0) is 53.4 Å². The highest BCUT2D eigenvalue weighted by Crippen LogP contribution is 2.31. The first-order valence-corrected chi connectivity index (χ1v) is 10.5. The van der Waals surface area contributed by atoms with Crippen LogP contribution in [0.5, 0.6) is 0 Å². The lowest BCUT2D eigenvalue weighted by Gasteiger charge is -2.11. The van der Waals surface area contributed by atoms with Crippen molar-refractivity contribution in [2.45, 2.75) is 27.2 Å². The summed E-state index contributed by atoms with van der Waals surface area (Å²) in [6, 6.07) is 15.9. The number of hydrogen-bond acceptors (Lipinski definition) is 6. The van der Waals surface area contributed by atoms with Crippen LogP contribution < -0.4 is 0 Å². The lowest BCUT2D eigenvalue weighted by Crippen LogP contribution is -2.08. The summed E-state index contributed by atoms with van der Waals surface area (Å²) in [7, 11) is 0. The highest BCUT2D eigenvalue weighted by Gasteiger charge is 2.21. The number of carboxylic acid groups (broad SMARTS) is 1. The normalized spacial score (nSPS) is 11.2. The molecule has 0 aliphatic carbocycles. The van der Waals surface area contributed by atoms with E-state index in [9.17, 15) is 9.90 Å². The number of aromatic carboxylic acids is 1. The SMILES string of the molecule is CCc1nc2c(C)c(C)c(C(=O)O)nc2n1-c1ccc(-c2ccccc2-c2nn[nH]n2)cc1. The second kappa shape index (κ2) is 7.94. The van der Waals surface area contributed by atoms with Gasteiger partial charge >= 0.3 is 5.97 Å². The van der Waals surface area contributed by atoms with Crippen molar-refractivity contribution < 1.29 is 9.90 Å². The van der Waals surface area contributed by atoms with Crippen LogP contribution >= 0.6 is 0 Å². The lowest BCUT2D eigenvalue weighted by atomic mass is 9.99. The minimum Gasteiger partial charge on any atom is -0.477 e. The Morgan fingerprint density at radius 1 is 1.00 bits per heavy atom. The van der Waals surface area contributed by atoms with Crippen molar-refractivity contribution in [2.75, 3.05) is 0 Å². The third-order valence-corrected chi connectivity index (χ3v) is 5.88. The Hall–Kier alpha value is -4.40. The molecule has 2 aromatic carbocycles. The average Bonchev–Trinajstić information content (AvgIpc) is 3.49. The molecule has 5 aromatic rings. The van der Waals surface area contributed by atoms with Gasteiger partial charge in [-0.25, -0.2) is 14.8 Å². The molecule has 0 aliphatic heterocycles. The zero-order chi connectivity index (χ0) is 23.1. The fourth-order valence-corrected chi connectivity index (χ4v) is 4.07. The number of aryl methyl sites for hydroxylation is 2. The Morgan fingerprint density at radius 3 is 2.36 bits per heavy atom. The number of tetrazole rings is 1. The predicted molar refractivity (Wildman–Crippen MR) is 123 cm³/mol. The molecular formula is C24H21N7O2. The molecule has 164 valence electrons. The third kappa shape index (κ3) is 3.34. The molecule has 0 saturated carbocycles. The molecule has 0 fully saturated rings. The molecule has 9 heteroatoms. The van der Waals surface area contributed by atoms with E-state index in [0.29, 0.717) is 23.5 Å². The number of imidazole rings is 1. The Morgan fingerprint density at radius 2 is 1.73 bits per heavy atom. The van der Waals surface area contributed by atoms with Crippen LogP contribution in [0.1, 0.15) is 34.4 Å². The fraction of sp³-hybridized carbons (Fsp3) is 0.167. The minimum atomic E-state index is -1.04. The van der Waals surface area contributed by atoms with Crippen molar-refractivity contribution in [1.82, 2.24) is 35.2 Å². The first-order chi connectivity index (χ1) is 16.0. The van der Waals surface area contributed by atoms with Crippen molar-refractivity contribution in [3.05, 3.63) is 71.2 Å². The Kier molecular flexibility index (Phi) is 4.93. The molecule has 33 heavy (non-hydrogen) atoms. The van der Waals surface area contributed by atoms with E-state index in [0.717, 1.165) is 39.3 Å². The summed E-state index contributed by atoms with van der Waals surface area (Å²) in [4.78, 5) is 21.0. The van der Waals surface area contributed by atoms with Gasteiger partial charge in [0.05, 0.1) is 0 Å². The van der Waals surface area contributed by atoms with Crippen LogP contribution in [0, 0.1) is 13.8 Å². The van der Waals surface area contributed by atoms with E-state index in [1.165, 1.54) is 0 Å². The molecule has 0 atom stereocenters. The van der Waals surface area contributed by atoms with Crippen LogP contribution in [0.2, 0.25) is 0 Å². The van der Waals surface area contributed by atoms with Gasteiger partial charge in [-0.15, -0.1) is 10.2 Å². The monoisotopic (exact) mass is 439 g/mol. The summed E-state index contributed by atoms with van der Waals surface area (Å²) in [6.45, 7) is 5.68. The molecule has 0 spiro atoms. The molecule has 0 saturated heterocycles. The molecule has 0 amide bonds. The van der Waals surface area contributed by atoms with Crippen LogP contribution in [0.4, 0.5) is 0 Å². The Balaban J connectivity index is 1.65. The molecule has 5 rings (SSSR count). The van der Waals surface area contributed by atoms with Gasteiger partial charge in [0, 0.05) is 17.7 Å². The molecule has 2 N–H and O–H groups in total. The number of carbonyl (C=O) groups is 1. The van der Waals surface area contributed by atoms with Gasteiger partial charge in [0.1, 0.15) is 11.3 Å². The minimum absolute atomic E-state index is 0.0504. The fourth-order valence-electron chi connectivity index (χ4n) is 4.07. The molecule has 0 radical (unpaired) electrons. The second-order valence-electron chi connectivity index (χ2n) is 7.73. The number of hydrogen-bond donors (Lipinski definition) is 2. The smallest absolute Gasteiger partial charge is 0.354 e. The van der Waals surface area contributed by atoms with Crippen molar-refractivity contribution >= 4 is 17.1 Å². The van der Waals surface area contributed by atoms with Crippen molar-refractivity contribution in [3.63, 3.8) is 0 Å². The zero-order valence-electron chi connectivity index (χ0n) is 18.4. The van der Waals surface area contributed by atoms with Crippen LogP contribution in [0.15, 0.2) is 48.5 Å². The zero-order valence-corrected chi connectivity index (χ0v) is 18.4. The van der Waals surface area contributed by atoms with Gasteiger partial charge in [-0.3, -0.25) is 4.57 Å². The number of rotatable bonds is 5. The molecule has 0 bridgehead atoms. The summed E-state index contributed by atoms with van der Waals surface area (Å²) in [5, 5.41) is 24.0. The maximum absolute atomic E-state index is 11.8. The maximum Gasteiger partial charge on any atom is 0.354 e. The highest BCUT2D eigenvalue weighted by molar-refractivity contribution is 5.92. The van der Waals surface area contributed by atoms with E-state index < -0.39 is 5.97 Å². The topological polar surface area (TPSA) is 122 Å². The summed E-state index contributed by atoms with van der Waals surface area (Å²) in [5.74, 6) is 0.305. The third-order valence-electron chi connectivity index (χ3n) is 5.88. The van der Waals surface area contributed by atoms with Gasteiger partial charge in [-0.1, -0.05) is 43.3 Å². The lowest BCUT2D eigenvalue weighted by molar-refractivity contribution is 0.0690. The van der Waals surface area contributed by atoms with Crippen molar-refractivity contribution in [1.29, 1.82) is 0 Å². The van der Waals surface area contributed by atoms with Gasteiger partial charge in [0.2, 0.25) is 5.82 Å². The largest absolute Gasteiger partial charge is 0.477 e.